The van der Waals surface area contributed by atoms with E-state index in [4.69, 9.17) is 10.2 Å². The van der Waals surface area contributed by atoms with Crippen molar-refractivity contribution in [1.29, 1.82) is 0 Å². The van der Waals surface area contributed by atoms with E-state index in [2.05, 4.69) is 0 Å². The van der Waals surface area contributed by atoms with Gasteiger partial charge in [-0.25, -0.2) is 0 Å². The topological polar surface area (TPSA) is 69.6 Å². The molecule has 0 bridgehead atoms. The molecule has 0 aromatic heterocycles. The molecule has 0 spiro atoms. The van der Waals surface area contributed by atoms with E-state index in [-0.39, 0.29) is 11.3 Å². The lowest BCUT2D eigenvalue weighted by atomic mass is 10.1. The van der Waals surface area contributed by atoms with Crippen LogP contribution in [0.2, 0.25) is 0 Å². The lowest BCUT2D eigenvalue weighted by Gasteiger charge is -2.15. The zero-order chi connectivity index (χ0) is 13.9. The van der Waals surface area contributed by atoms with Gasteiger partial charge in [-0.1, -0.05) is 0 Å². The fraction of sp³-hybridized carbons (Fsp3) is 0.364. The van der Waals surface area contributed by atoms with E-state index >= 15 is 0 Å². The number of carbonyl (C=O) groups excluding carboxylic acids is 1. The summed E-state index contributed by atoms with van der Waals surface area (Å²) in [4.78, 5) is 11.5. The Bertz CT molecular complexity index is 446. The molecule has 0 saturated carbocycles. The number of phenols is 1. The number of aromatic hydroxyl groups is 1. The van der Waals surface area contributed by atoms with Gasteiger partial charge in [0.15, 0.2) is 6.10 Å². The number of carbonyl (C=O) groups is 1. The molecule has 100 valence electrons. The second-order valence-corrected chi connectivity index (χ2v) is 3.77. The van der Waals surface area contributed by atoms with Crippen LogP contribution in [0.3, 0.4) is 0 Å². The molecule has 0 fully saturated rings. The van der Waals surface area contributed by atoms with Crippen LogP contribution in [0, 0.1) is 6.92 Å². The van der Waals surface area contributed by atoms with E-state index in [0.717, 1.165) is 0 Å². The van der Waals surface area contributed by atoms with Crippen molar-refractivity contribution in [2.24, 2.45) is 0 Å². The van der Waals surface area contributed by atoms with Crippen LogP contribution in [0.1, 0.15) is 15.9 Å². The Morgan fingerprint density at radius 2 is 2.06 bits per heavy atom. The van der Waals surface area contributed by atoms with E-state index in [9.17, 15) is 18.0 Å². The van der Waals surface area contributed by atoms with Crippen LogP contribution >= 0.6 is 0 Å². The number of aryl methyl sites for hydroxylation is 1. The summed E-state index contributed by atoms with van der Waals surface area (Å²) < 4.78 is 36.0. The number of aliphatic hydroxyl groups is 1. The highest BCUT2D eigenvalue weighted by Crippen LogP contribution is 2.19. The summed E-state index contributed by atoms with van der Waals surface area (Å²) in [5.74, 6) is -0.782. The molecule has 0 heterocycles. The predicted octanol–water partition coefficient (Wildman–Crippen LogP) is 1.35. The SMILES string of the molecule is Cc1cc(O)ccc1C(=O)NCC(O)C(F)(F)F. The minimum absolute atomic E-state index is 0.0422. The number of hydrogen-bond donors (Lipinski definition) is 3. The van der Waals surface area contributed by atoms with Crippen molar-refractivity contribution in [3.63, 3.8) is 0 Å². The zero-order valence-electron chi connectivity index (χ0n) is 9.45. The largest absolute Gasteiger partial charge is 0.508 e. The Morgan fingerprint density at radius 1 is 1.44 bits per heavy atom. The summed E-state index contributed by atoms with van der Waals surface area (Å²) in [6.45, 7) is 0.622. The van der Waals surface area contributed by atoms with Crippen LogP contribution in [0.5, 0.6) is 5.75 Å². The van der Waals surface area contributed by atoms with Gasteiger partial charge < -0.3 is 15.5 Å². The number of rotatable bonds is 3. The minimum atomic E-state index is -4.77. The molecule has 7 heteroatoms. The highest BCUT2D eigenvalue weighted by atomic mass is 19.4. The van der Waals surface area contributed by atoms with E-state index in [1.54, 1.807) is 0 Å². The summed E-state index contributed by atoms with van der Waals surface area (Å²) in [6.07, 6.45) is -7.36. The van der Waals surface area contributed by atoms with Crippen LogP contribution in [-0.4, -0.2) is 34.9 Å². The summed E-state index contributed by atoms with van der Waals surface area (Å²) >= 11 is 0. The molecule has 18 heavy (non-hydrogen) atoms. The average Bonchev–Trinajstić information content (AvgIpc) is 2.24. The van der Waals surface area contributed by atoms with E-state index in [1.165, 1.54) is 25.1 Å². The van der Waals surface area contributed by atoms with Gasteiger partial charge in [0.2, 0.25) is 0 Å². The fourth-order valence-electron chi connectivity index (χ4n) is 1.30. The van der Waals surface area contributed by atoms with Crippen LogP contribution in [0.25, 0.3) is 0 Å². The van der Waals surface area contributed by atoms with Crippen LogP contribution in [0.15, 0.2) is 18.2 Å². The molecule has 1 aromatic carbocycles. The first-order chi connectivity index (χ1) is 8.21. The van der Waals surface area contributed by atoms with Gasteiger partial charge >= 0.3 is 6.18 Å². The lowest BCUT2D eigenvalue weighted by molar-refractivity contribution is -0.201. The summed E-state index contributed by atoms with van der Waals surface area (Å²) in [7, 11) is 0. The molecule has 3 N–H and O–H groups in total. The van der Waals surface area contributed by atoms with Gasteiger partial charge in [-0.05, 0) is 30.7 Å². The molecule has 4 nitrogen and oxygen atoms in total. The van der Waals surface area contributed by atoms with Crippen LogP contribution < -0.4 is 5.32 Å². The lowest BCUT2D eigenvalue weighted by Crippen LogP contribution is -2.40. The summed E-state index contributed by atoms with van der Waals surface area (Å²) in [5, 5.41) is 19.8. The van der Waals surface area contributed by atoms with Gasteiger partial charge in [0, 0.05) is 5.56 Å². The third kappa shape index (κ3) is 3.63. The molecule has 1 rings (SSSR count). The minimum Gasteiger partial charge on any atom is -0.508 e. The van der Waals surface area contributed by atoms with E-state index in [1.807, 2.05) is 5.32 Å². The number of benzene rings is 1. The molecule has 1 unspecified atom stereocenters. The summed E-state index contributed by atoms with van der Waals surface area (Å²) in [6, 6.07) is 3.86. The number of phenolic OH excluding ortho intramolecular Hbond substituents is 1. The predicted molar refractivity (Wildman–Crippen MR) is 57.2 cm³/mol. The average molecular weight is 263 g/mol. The first-order valence-electron chi connectivity index (χ1n) is 5.04. The maximum atomic E-state index is 12.0. The van der Waals surface area contributed by atoms with Crippen molar-refractivity contribution in [1.82, 2.24) is 5.32 Å². The second-order valence-electron chi connectivity index (χ2n) is 3.77. The highest BCUT2D eigenvalue weighted by molar-refractivity contribution is 5.95. The number of halogens is 3. The summed E-state index contributed by atoms with van der Waals surface area (Å²) in [5.41, 5.74) is 0.566. The number of aliphatic hydroxyl groups excluding tert-OH is 1. The Labute approximate surface area is 101 Å². The van der Waals surface area contributed by atoms with Gasteiger partial charge in [0.25, 0.3) is 5.91 Å². The monoisotopic (exact) mass is 263 g/mol. The van der Waals surface area contributed by atoms with Crippen molar-refractivity contribution < 1.29 is 28.2 Å². The van der Waals surface area contributed by atoms with Crippen LogP contribution in [-0.2, 0) is 0 Å². The molecular weight excluding hydrogens is 251 g/mol. The van der Waals surface area contributed by atoms with E-state index in [0.29, 0.717) is 5.56 Å². The molecule has 0 radical (unpaired) electrons. The van der Waals surface area contributed by atoms with Crippen LogP contribution in [0.4, 0.5) is 13.2 Å². The molecule has 1 aromatic rings. The van der Waals surface area contributed by atoms with Crippen molar-refractivity contribution in [2.45, 2.75) is 19.2 Å². The quantitative estimate of drug-likeness (QED) is 0.771. The highest BCUT2D eigenvalue weighted by Gasteiger charge is 2.38. The number of hydrogen-bond acceptors (Lipinski definition) is 3. The standard InChI is InChI=1S/C11H12F3NO3/c1-6-4-7(16)2-3-8(6)10(18)15-5-9(17)11(12,13)14/h2-4,9,16-17H,5H2,1H3,(H,15,18). The van der Waals surface area contributed by atoms with Gasteiger partial charge in [0.05, 0.1) is 6.54 Å². The van der Waals surface area contributed by atoms with Crippen molar-refractivity contribution in [3.8, 4) is 5.75 Å². The molecule has 0 aliphatic heterocycles. The molecule has 0 saturated heterocycles. The number of amides is 1. The smallest absolute Gasteiger partial charge is 0.416 e. The third-order valence-corrected chi connectivity index (χ3v) is 2.29. The molecule has 1 atom stereocenters. The van der Waals surface area contributed by atoms with Crippen molar-refractivity contribution in [3.05, 3.63) is 29.3 Å². The van der Waals surface area contributed by atoms with E-state index < -0.39 is 24.7 Å². The Hall–Kier alpha value is -1.76. The normalized spacial score (nSPS) is 13.2. The van der Waals surface area contributed by atoms with Gasteiger partial charge in [-0.2, -0.15) is 13.2 Å². The Balaban J connectivity index is 2.66. The fourth-order valence-corrected chi connectivity index (χ4v) is 1.30. The zero-order valence-corrected chi connectivity index (χ0v) is 9.45. The van der Waals surface area contributed by atoms with Gasteiger partial charge in [-0.3, -0.25) is 4.79 Å². The number of nitrogens with one attached hydrogen (secondary N) is 1. The molecule has 0 aliphatic carbocycles. The maximum Gasteiger partial charge on any atom is 0.416 e. The Morgan fingerprint density at radius 3 is 2.56 bits per heavy atom. The molecule has 0 aliphatic rings. The first kappa shape index (κ1) is 14.3. The van der Waals surface area contributed by atoms with Crippen molar-refractivity contribution >= 4 is 5.91 Å². The molecular formula is C11H12F3NO3. The maximum absolute atomic E-state index is 12.0. The first-order valence-corrected chi connectivity index (χ1v) is 5.04. The van der Waals surface area contributed by atoms with Crippen molar-refractivity contribution in [2.75, 3.05) is 6.54 Å². The van der Waals surface area contributed by atoms with Gasteiger partial charge in [0.1, 0.15) is 5.75 Å². The third-order valence-electron chi connectivity index (χ3n) is 2.29. The number of alkyl halides is 3. The molecule has 1 amide bonds. The second kappa shape index (κ2) is 5.26. The Kier molecular flexibility index (Phi) is 4.18. The van der Waals surface area contributed by atoms with Gasteiger partial charge in [-0.15, -0.1) is 0 Å².